The molecular weight excluding hydrogens is 703 g/mol. The second kappa shape index (κ2) is 14.1. The maximum Gasteiger partial charge on any atom is 0.143 e. The number of rotatable bonds is 7. The van der Waals surface area contributed by atoms with Gasteiger partial charge in [-0.1, -0.05) is 170 Å². The number of furan rings is 1. The number of fused-ring (bicyclic) bond motifs is 6. The Kier molecular flexibility index (Phi) is 8.19. The van der Waals surface area contributed by atoms with Gasteiger partial charge in [0, 0.05) is 33.1 Å². The number of hydrogen-bond donors (Lipinski definition) is 0. The lowest BCUT2D eigenvalue weighted by Gasteiger charge is -2.28. The molecule has 1 heterocycles. The highest BCUT2D eigenvalue weighted by Gasteiger charge is 2.19. The Morgan fingerprint density at radius 1 is 0.293 bits per heavy atom. The van der Waals surface area contributed by atoms with Crippen molar-refractivity contribution in [1.29, 1.82) is 0 Å². The minimum Gasteiger partial charge on any atom is -0.455 e. The van der Waals surface area contributed by atoms with Crippen LogP contribution in [0.4, 0.5) is 17.1 Å². The lowest BCUT2D eigenvalue weighted by atomic mass is 9.98. The van der Waals surface area contributed by atoms with Crippen molar-refractivity contribution in [3.63, 3.8) is 0 Å². The predicted molar refractivity (Wildman–Crippen MR) is 245 cm³/mol. The van der Waals surface area contributed by atoms with Crippen LogP contribution >= 0.6 is 0 Å². The first kappa shape index (κ1) is 33.6. The molecule has 0 aliphatic heterocycles. The summed E-state index contributed by atoms with van der Waals surface area (Å²) in [7, 11) is 0. The second-order valence-electron chi connectivity index (χ2n) is 14.9. The third kappa shape index (κ3) is 6.00. The monoisotopic (exact) mass is 739 g/mol. The molecule has 2 heteroatoms. The van der Waals surface area contributed by atoms with Crippen molar-refractivity contribution in [3.05, 3.63) is 224 Å². The van der Waals surface area contributed by atoms with E-state index in [9.17, 15) is 0 Å². The fourth-order valence-corrected chi connectivity index (χ4v) is 8.47. The molecule has 0 saturated heterocycles. The van der Waals surface area contributed by atoms with Crippen LogP contribution in [-0.4, -0.2) is 0 Å². The van der Waals surface area contributed by atoms with Gasteiger partial charge in [-0.2, -0.15) is 0 Å². The average Bonchev–Trinajstić information content (AvgIpc) is 3.69. The molecule has 1 aromatic heterocycles. The van der Waals surface area contributed by atoms with E-state index in [1.54, 1.807) is 0 Å². The van der Waals surface area contributed by atoms with E-state index in [0.29, 0.717) is 0 Å². The molecule has 0 radical (unpaired) electrons. The number of hydrogen-bond acceptors (Lipinski definition) is 2. The third-order valence-corrected chi connectivity index (χ3v) is 11.5. The maximum absolute atomic E-state index is 6.51. The largest absolute Gasteiger partial charge is 0.455 e. The number of nitrogens with zero attached hydrogens (tertiary/aromatic N) is 1. The van der Waals surface area contributed by atoms with E-state index in [1.165, 1.54) is 49.5 Å². The van der Waals surface area contributed by atoms with Crippen LogP contribution < -0.4 is 4.90 Å². The number of anilines is 3. The summed E-state index contributed by atoms with van der Waals surface area (Å²) in [5, 5.41) is 7.04. The highest BCUT2D eigenvalue weighted by Crippen LogP contribution is 2.44. The van der Waals surface area contributed by atoms with Crippen LogP contribution in [0, 0.1) is 0 Å². The van der Waals surface area contributed by atoms with Crippen LogP contribution in [0.2, 0.25) is 0 Å². The molecule has 2 nitrogen and oxygen atoms in total. The molecule has 272 valence electrons. The predicted octanol–water partition coefficient (Wildman–Crippen LogP) is 16.0. The zero-order valence-corrected chi connectivity index (χ0v) is 31.7. The molecule has 11 aromatic rings. The van der Waals surface area contributed by atoms with Crippen molar-refractivity contribution >= 4 is 60.5 Å². The quantitative estimate of drug-likeness (QED) is 0.162. The molecule has 58 heavy (non-hydrogen) atoms. The molecule has 10 aromatic carbocycles. The van der Waals surface area contributed by atoms with E-state index in [-0.39, 0.29) is 0 Å². The molecule has 0 aliphatic rings. The summed E-state index contributed by atoms with van der Waals surface area (Å²) >= 11 is 0. The van der Waals surface area contributed by atoms with E-state index in [2.05, 4.69) is 229 Å². The van der Waals surface area contributed by atoms with Crippen LogP contribution in [0.25, 0.3) is 88.0 Å². The van der Waals surface area contributed by atoms with Crippen molar-refractivity contribution in [2.75, 3.05) is 4.90 Å². The molecule has 0 fully saturated rings. The Hall–Kier alpha value is -7.68. The van der Waals surface area contributed by atoms with Crippen molar-refractivity contribution in [2.45, 2.75) is 0 Å². The van der Waals surface area contributed by atoms with Crippen LogP contribution in [0.3, 0.4) is 0 Å². The maximum atomic E-state index is 6.51. The van der Waals surface area contributed by atoms with Crippen molar-refractivity contribution in [3.8, 4) is 44.5 Å². The van der Waals surface area contributed by atoms with Gasteiger partial charge < -0.3 is 9.32 Å². The first-order valence-electron chi connectivity index (χ1n) is 19.8. The van der Waals surface area contributed by atoms with Gasteiger partial charge in [-0.3, -0.25) is 0 Å². The Balaban J connectivity index is 1.01. The fraction of sp³-hybridized carbons (Fsp3) is 0. The fourth-order valence-electron chi connectivity index (χ4n) is 8.47. The summed E-state index contributed by atoms with van der Waals surface area (Å²) in [4.78, 5) is 2.38. The molecule has 0 spiro atoms. The molecule has 0 amide bonds. The summed E-state index contributed by atoms with van der Waals surface area (Å²) in [6.07, 6.45) is 0. The minimum absolute atomic E-state index is 0.890. The second-order valence-corrected chi connectivity index (χ2v) is 14.9. The van der Waals surface area contributed by atoms with Gasteiger partial charge in [-0.15, -0.1) is 0 Å². The molecule has 0 N–H and O–H groups in total. The summed E-state index contributed by atoms with van der Waals surface area (Å²) < 4.78 is 6.51. The van der Waals surface area contributed by atoms with E-state index >= 15 is 0 Å². The first-order valence-corrected chi connectivity index (χ1v) is 19.8. The SMILES string of the molecule is c1ccc(-c2ccc(-c3ccc(N(c4ccc(-c5ccc6ccccc6c5)cc4)c4ccccc4-c4ccc5oc6c7ccccc7ccc6c5c4)cc3)cc2)cc1. The van der Waals surface area contributed by atoms with E-state index < -0.39 is 0 Å². The molecule has 0 aliphatic carbocycles. The van der Waals surface area contributed by atoms with Gasteiger partial charge in [0.2, 0.25) is 0 Å². The van der Waals surface area contributed by atoms with Gasteiger partial charge in [0.15, 0.2) is 0 Å². The first-order chi connectivity index (χ1) is 28.7. The van der Waals surface area contributed by atoms with Crippen molar-refractivity contribution in [1.82, 2.24) is 0 Å². The van der Waals surface area contributed by atoms with Gasteiger partial charge in [0.25, 0.3) is 0 Å². The average molecular weight is 740 g/mol. The van der Waals surface area contributed by atoms with Gasteiger partial charge in [0.05, 0.1) is 5.69 Å². The van der Waals surface area contributed by atoms with Gasteiger partial charge in [-0.25, -0.2) is 0 Å². The van der Waals surface area contributed by atoms with Gasteiger partial charge >= 0.3 is 0 Å². The Morgan fingerprint density at radius 2 is 0.810 bits per heavy atom. The zero-order valence-electron chi connectivity index (χ0n) is 31.7. The summed E-state index contributed by atoms with van der Waals surface area (Å²) in [6, 6.07) is 80.7. The molecular formula is C56H37NO. The molecule has 0 bridgehead atoms. The highest BCUT2D eigenvalue weighted by molar-refractivity contribution is 6.15. The standard InChI is InChI=1S/C56H37NO/c1-2-10-38(11-3-1)40-18-20-41(21-19-40)42-24-30-48(31-25-42)57(49-32-26-43(27-33-49)46-23-22-39-12-4-5-14-45(39)36-46)54-17-9-8-15-50(54)47-29-35-55-53(37-47)52-34-28-44-13-6-7-16-51(44)56(52)58-55/h1-37H. The lowest BCUT2D eigenvalue weighted by molar-refractivity contribution is 0.672. The molecule has 0 saturated carbocycles. The minimum atomic E-state index is 0.890. The van der Waals surface area contributed by atoms with E-state index in [4.69, 9.17) is 4.42 Å². The summed E-state index contributed by atoms with van der Waals surface area (Å²) in [5.74, 6) is 0. The third-order valence-electron chi connectivity index (χ3n) is 11.5. The van der Waals surface area contributed by atoms with Crippen LogP contribution in [0.1, 0.15) is 0 Å². The van der Waals surface area contributed by atoms with Crippen LogP contribution in [0.5, 0.6) is 0 Å². The van der Waals surface area contributed by atoms with Gasteiger partial charge in [-0.05, 0) is 110 Å². The summed E-state index contributed by atoms with van der Waals surface area (Å²) in [5.41, 5.74) is 14.5. The zero-order chi connectivity index (χ0) is 38.4. The van der Waals surface area contributed by atoms with E-state index in [1.807, 2.05) is 0 Å². The molecule has 0 atom stereocenters. The Bertz CT molecular complexity index is 3250. The highest BCUT2D eigenvalue weighted by atomic mass is 16.3. The van der Waals surface area contributed by atoms with E-state index in [0.717, 1.165) is 55.5 Å². The molecule has 0 unspecified atom stereocenters. The number of para-hydroxylation sites is 1. The van der Waals surface area contributed by atoms with Crippen molar-refractivity contribution in [2.24, 2.45) is 0 Å². The topological polar surface area (TPSA) is 16.4 Å². The molecule has 11 rings (SSSR count). The number of benzene rings is 10. The Morgan fingerprint density at radius 3 is 1.53 bits per heavy atom. The lowest BCUT2D eigenvalue weighted by Crippen LogP contribution is -2.11. The van der Waals surface area contributed by atoms with Crippen LogP contribution in [-0.2, 0) is 0 Å². The Labute approximate surface area is 337 Å². The smallest absolute Gasteiger partial charge is 0.143 e. The van der Waals surface area contributed by atoms with Gasteiger partial charge in [0.1, 0.15) is 11.2 Å². The normalized spacial score (nSPS) is 11.4. The van der Waals surface area contributed by atoms with Crippen LogP contribution in [0.15, 0.2) is 229 Å². The summed E-state index contributed by atoms with van der Waals surface area (Å²) in [6.45, 7) is 0. The van der Waals surface area contributed by atoms with Crippen molar-refractivity contribution < 1.29 is 4.42 Å².